The third kappa shape index (κ3) is 6.34. The van der Waals surface area contributed by atoms with Crippen molar-refractivity contribution in [3.63, 3.8) is 0 Å². The summed E-state index contributed by atoms with van der Waals surface area (Å²) in [6.07, 6.45) is 2.90. The molecule has 23 heavy (non-hydrogen) atoms. The van der Waals surface area contributed by atoms with Crippen molar-refractivity contribution in [1.82, 2.24) is 0 Å². The van der Waals surface area contributed by atoms with E-state index in [4.69, 9.17) is 9.47 Å². The summed E-state index contributed by atoms with van der Waals surface area (Å²) in [6.45, 7) is 0. The van der Waals surface area contributed by atoms with Gasteiger partial charge in [0.2, 0.25) is 0 Å². The predicted octanol–water partition coefficient (Wildman–Crippen LogP) is 0.185. The fourth-order valence-electron chi connectivity index (χ4n) is 2.21. The van der Waals surface area contributed by atoms with Gasteiger partial charge in [0.1, 0.15) is 5.75 Å². The van der Waals surface area contributed by atoms with E-state index in [0.29, 0.717) is 0 Å². The standard InChI is InChI=1S/C11H14O2.C7H7O.BrH.Mg/c1-13-10-5-3-9(4-6-10)11(12)7-2-8-11;1-8-7-5-3-2-4-6-7;;/h3-6,12H,2,7-8H2,1H3;3-6H,1H3;1H;/q;-1;;+2/p-1. The summed E-state index contributed by atoms with van der Waals surface area (Å²) in [5.41, 5.74) is 0.464. The molecule has 2 aromatic carbocycles. The molecule has 1 aliphatic carbocycles. The molecule has 0 aliphatic heterocycles. The van der Waals surface area contributed by atoms with Crippen LogP contribution in [0.4, 0.5) is 0 Å². The van der Waals surface area contributed by atoms with Gasteiger partial charge in [0.25, 0.3) is 0 Å². The molecule has 3 rings (SSSR count). The summed E-state index contributed by atoms with van der Waals surface area (Å²) < 4.78 is 9.95. The molecule has 0 bridgehead atoms. The molecule has 1 fully saturated rings. The van der Waals surface area contributed by atoms with Gasteiger partial charge in [0.05, 0.1) is 19.8 Å². The third-order valence-electron chi connectivity index (χ3n) is 3.73. The van der Waals surface area contributed by atoms with E-state index in [-0.39, 0.29) is 40.0 Å². The number of methoxy groups -OCH3 is 2. The molecule has 0 atom stereocenters. The van der Waals surface area contributed by atoms with Crippen molar-refractivity contribution < 1.29 is 31.6 Å². The second kappa shape index (κ2) is 10.9. The average Bonchev–Trinajstić information content (AvgIpc) is 2.54. The Kier molecular flexibility index (Phi) is 10.6. The Morgan fingerprint density at radius 3 is 1.74 bits per heavy atom. The first kappa shape index (κ1) is 22.2. The number of halogens is 1. The first-order valence-corrected chi connectivity index (χ1v) is 7.05. The van der Waals surface area contributed by atoms with Crippen molar-refractivity contribution >= 4 is 23.1 Å². The van der Waals surface area contributed by atoms with Crippen molar-refractivity contribution in [2.24, 2.45) is 0 Å². The van der Waals surface area contributed by atoms with Crippen LogP contribution in [0.1, 0.15) is 24.8 Å². The molecule has 120 valence electrons. The Balaban J connectivity index is 0.000000425. The molecule has 5 heteroatoms. The van der Waals surface area contributed by atoms with Gasteiger partial charge >= 0.3 is 23.1 Å². The first-order valence-electron chi connectivity index (χ1n) is 7.05. The Hall–Kier alpha value is -0.754. The van der Waals surface area contributed by atoms with Gasteiger partial charge in [-0.25, -0.2) is 0 Å². The quantitative estimate of drug-likeness (QED) is 0.602. The van der Waals surface area contributed by atoms with Crippen molar-refractivity contribution in [2.45, 2.75) is 24.9 Å². The maximum absolute atomic E-state index is 10.0. The van der Waals surface area contributed by atoms with E-state index in [1.807, 2.05) is 48.5 Å². The minimum Gasteiger partial charge on any atom is -1.00 e. The van der Waals surface area contributed by atoms with Gasteiger partial charge in [-0.05, 0) is 37.0 Å². The maximum Gasteiger partial charge on any atom is 2.00 e. The molecule has 2 aromatic rings. The van der Waals surface area contributed by atoms with E-state index < -0.39 is 5.60 Å². The van der Waals surface area contributed by atoms with Crippen molar-refractivity contribution in [3.8, 4) is 11.5 Å². The van der Waals surface area contributed by atoms with Gasteiger partial charge in [0, 0.05) is 5.75 Å². The van der Waals surface area contributed by atoms with Crippen molar-refractivity contribution in [2.75, 3.05) is 14.2 Å². The molecule has 0 amide bonds. The van der Waals surface area contributed by atoms with Crippen LogP contribution in [0.3, 0.4) is 0 Å². The van der Waals surface area contributed by atoms with Gasteiger partial charge in [-0.15, -0.1) is 12.1 Å². The van der Waals surface area contributed by atoms with Crippen LogP contribution in [0.25, 0.3) is 0 Å². The molecule has 1 N–H and O–H groups in total. The average molecular weight is 390 g/mol. The predicted molar refractivity (Wildman–Crippen MR) is 88.3 cm³/mol. The number of benzene rings is 2. The van der Waals surface area contributed by atoms with Crippen LogP contribution in [0.2, 0.25) is 0 Å². The molecule has 1 saturated carbocycles. The molecular weight excluding hydrogens is 368 g/mol. The Morgan fingerprint density at radius 1 is 0.913 bits per heavy atom. The molecule has 0 unspecified atom stereocenters. The Bertz CT molecular complexity index is 542. The Morgan fingerprint density at radius 2 is 1.39 bits per heavy atom. The zero-order valence-electron chi connectivity index (χ0n) is 13.6. The second-order valence-corrected chi connectivity index (χ2v) is 5.05. The first-order chi connectivity index (χ1) is 10.2. The minimum absolute atomic E-state index is 0. The zero-order chi connectivity index (χ0) is 15.1. The fraction of sp³-hybridized carbons (Fsp3) is 0.333. The number of hydrogen-bond acceptors (Lipinski definition) is 3. The summed E-state index contributed by atoms with van der Waals surface area (Å²) >= 11 is 0. The monoisotopic (exact) mass is 388 g/mol. The number of hydrogen-bond donors (Lipinski definition) is 1. The van der Waals surface area contributed by atoms with E-state index in [9.17, 15) is 5.11 Å². The van der Waals surface area contributed by atoms with Crippen LogP contribution in [0.5, 0.6) is 11.5 Å². The fourth-order valence-corrected chi connectivity index (χ4v) is 2.21. The Labute approximate surface area is 164 Å². The summed E-state index contributed by atoms with van der Waals surface area (Å²) in [5, 5.41) is 10.0. The van der Waals surface area contributed by atoms with E-state index in [1.165, 1.54) is 0 Å². The zero-order valence-corrected chi connectivity index (χ0v) is 16.6. The van der Waals surface area contributed by atoms with E-state index in [0.717, 1.165) is 36.3 Å². The second-order valence-electron chi connectivity index (χ2n) is 5.05. The van der Waals surface area contributed by atoms with Gasteiger partial charge < -0.3 is 31.6 Å². The number of rotatable bonds is 3. The molecule has 0 radical (unpaired) electrons. The largest absolute Gasteiger partial charge is 2.00 e. The van der Waals surface area contributed by atoms with Crippen LogP contribution >= 0.6 is 0 Å². The molecule has 3 nitrogen and oxygen atoms in total. The van der Waals surface area contributed by atoms with Crippen LogP contribution in [0, 0.1) is 6.07 Å². The van der Waals surface area contributed by atoms with Gasteiger partial charge in [-0.1, -0.05) is 12.1 Å². The van der Waals surface area contributed by atoms with Gasteiger partial charge in [0.15, 0.2) is 0 Å². The molecule has 0 heterocycles. The van der Waals surface area contributed by atoms with Crippen molar-refractivity contribution in [1.29, 1.82) is 0 Å². The third-order valence-corrected chi connectivity index (χ3v) is 3.73. The SMILES string of the molecule is COc1cc[c-]cc1.COc1ccc(C2(O)CCC2)cc1.[Br-].[Mg+2]. The van der Waals surface area contributed by atoms with E-state index in [1.54, 1.807) is 14.2 Å². The maximum atomic E-state index is 10.0. The summed E-state index contributed by atoms with van der Waals surface area (Å²) in [7, 11) is 3.29. The van der Waals surface area contributed by atoms with E-state index in [2.05, 4.69) is 6.07 Å². The normalized spacial score (nSPS) is 13.9. The molecule has 1 aliphatic rings. The molecular formula is C18H21BrMgO3. The van der Waals surface area contributed by atoms with E-state index >= 15 is 0 Å². The van der Waals surface area contributed by atoms with Crippen LogP contribution in [-0.4, -0.2) is 42.4 Å². The molecule has 0 saturated heterocycles. The number of aliphatic hydroxyl groups is 1. The summed E-state index contributed by atoms with van der Waals surface area (Å²) in [4.78, 5) is 0. The molecule has 0 spiro atoms. The van der Waals surface area contributed by atoms with Crippen molar-refractivity contribution in [3.05, 3.63) is 60.2 Å². The van der Waals surface area contributed by atoms with Crippen LogP contribution in [-0.2, 0) is 5.60 Å². The summed E-state index contributed by atoms with van der Waals surface area (Å²) in [5.74, 6) is 1.72. The molecule has 0 aromatic heterocycles. The van der Waals surface area contributed by atoms with Gasteiger partial charge in [-0.2, -0.15) is 18.2 Å². The number of ether oxygens (including phenoxy) is 2. The van der Waals surface area contributed by atoms with Gasteiger partial charge in [-0.3, -0.25) is 0 Å². The van der Waals surface area contributed by atoms with Crippen LogP contribution in [0.15, 0.2) is 48.5 Å². The minimum atomic E-state index is -0.549. The topological polar surface area (TPSA) is 38.7 Å². The smallest absolute Gasteiger partial charge is 1.00 e. The summed E-state index contributed by atoms with van der Waals surface area (Å²) in [6, 6.07) is 17.9. The van der Waals surface area contributed by atoms with Crippen LogP contribution < -0.4 is 26.5 Å².